The third-order valence-corrected chi connectivity index (χ3v) is 10.3. The Morgan fingerprint density at radius 2 is 1.70 bits per heavy atom. The van der Waals surface area contributed by atoms with E-state index in [2.05, 4.69) is 15.4 Å². The second-order valence-corrected chi connectivity index (χ2v) is 13.3. The molecule has 4 rings (SSSR count). The Bertz CT molecular complexity index is 1450. The molecule has 1 amide bonds. The molecule has 1 heterocycles. The molecule has 2 fully saturated rings. The molecule has 0 aromatic heterocycles. The summed E-state index contributed by atoms with van der Waals surface area (Å²) in [6.45, 7) is 2.17. The van der Waals surface area contributed by atoms with E-state index < -0.39 is 51.7 Å². The molecule has 2 aliphatic rings. The first kappa shape index (κ1) is 32.4. The van der Waals surface area contributed by atoms with Crippen LogP contribution in [0.2, 0.25) is 0 Å². The Kier molecular flexibility index (Phi) is 10.4. The molecule has 0 bridgehead atoms. The second kappa shape index (κ2) is 13.8. The van der Waals surface area contributed by atoms with E-state index >= 15 is 0 Å². The van der Waals surface area contributed by atoms with Gasteiger partial charge in [-0.25, -0.2) is 13.1 Å². The molecule has 13 heteroatoms. The number of hydrogen-bond donors (Lipinski definition) is 6. The van der Waals surface area contributed by atoms with Gasteiger partial charge in [0.05, 0.1) is 17.5 Å². The molecule has 12 nitrogen and oxygen atoms in total. The number of nitrogens with one attached hydrogen (secondary N) is 4. The number of Topliss-reactive ketones (excluding diaryl/α,β-unsaturated/α-hetero) is 1. The van der Waals surface area contributed by atoms with Crippen LogP contribution in [0.1, 0.15) is 51.9 Å². The van der Waals surface area contributed by atoms with Crippen LogP contribution in [0.3, 0.4) is 0 Å². The summed E-state index contributed by atoms with van der Waals surface area (Å²) in [6, 6.07) is 10.7. The molecule has 7 N–H and O–H groups in total. The van der Waals surface area contributed by atoms with Crippen molar-refractivity contribution in [2.75, 3.05) is 26.2 Å². The molecule has 2 aromatic carbocycles. The number of aliphatic carboxylic acids is 1. The molecule has 1 aliphatic heterocycles. The number of nitrogens with zero attached hydrogens (tertiary/aromatic N) is 1. The SMILES string of the molecule is CC(NS(=O)(=O)c1ccc2ccccc2c1)C(=O)C(NCC(=O)O)(C(=O)NCC1CCN(C(=N)N)CC1)C1CCCCC1. The Hall–Kier alpha value is -3.55. The standard InChI is InChI=1S/C30H42N6O6S/c1-20(35-43(41,42)25-12-11-22-7-5-6-8-23(22)17-25)27(39)30(34-19-26(37)38,24-9-3-2-4-10-24)28(40)33-18-21-13-15-36(16-14-21)29(31)32/h5-8,11-12,17,20-21,24,34-35H,2-4,9-10,13-16,18-19H2,1H3,(H3,31,32)(H,33,40)(H,37,38). The van der Waals surface area contributed by atoms with Crippen molar-refractivity contribution < 1.29 is 27.9 Å². The predicted molar refractivity (Wildman–Crippen MR) is 163 cm³/mol. The lowest BCUT2D eigenvalue weighted by molar-refractivity contribution is -0.144. The summed E-state index contributed by atoms with van der Waals surface area (Å²) in [7, 11) is -4.16. The lowest BCUT2D eigenvalue weighted by Gasteiger charge is -2.42. The number of carboxylic acids is 1. The molecular formula is C30H42N6O6S. The Labute approximate surface area is 252 Å². The van der Waals surface area contributed by atoms with Crippen molar-refractivity contribution in [2.24, 2.45) is 17.6 Å². The highest BCUT2D eigenvalue weighted by Gasteiger charge is 2.53. The van der Waals surface area contributed by atoms with Crippen molar-refractivity contribution in [1.29, 1.82) is 5.41 Å². The highest BCUT2D eigenvalue weighted by atomic mass is 32.2. The fourth-order valence-corrected chi connectivity index (χ4v) is 7.58. The van der Waals surface area contributed by atoms with Crippen molar-refractivity contribution in [3.05, 3.63) is 42.5 Å². The maximum atomic E-state index is 14.3. The number of nitrogens with two attached hydrogens (primary N) is 1. The van der Waals surface area contributed by atoms with Crippen molar-refractivity contribution in [3.8, 4) is 0 Å². The molecule has 0 spiro atoms. The summed E-state index contributed by atoms with van der Waals surface area (Å²) >= 11 is 0. The van der Waals surface area contributed by atoms with Gasteiger partial charge in [0.25, 0.3) is 0 Å². The number of amides is 1. The highest BCUT2D eigenvalue weighted by molar-refractivity contribution is 7.89. The first-order valence-electron chi connectivity index (χ1n) is 14.8. The number of benzene rings is 2. The van der Waals surface area contributed by atoms with Crippen molar-refractivity contribution in [3.63, 3.8) is 0 Å². The number of sulfonamides is 1. The molecule has 2 atom stereocenters. The maximum Gasteiger partial charge on any atom is 0.317 e. The summed E-state index contributed by atoms with van der Waals surface area (Å²) in [5, 5.41) is 24.5. The minimum absolute atomic E-state index is 0.00222. The van der Waals surface area contributed by atoms with E-state index in [0.29, 0.717) is 38.8 Å². The van der Waals surface area contributed by atoms with Crippen molar-refractivity contribution in [1.82, 2.24) is 20.3 Å². The lowest BCUT2D eigenvalue weighted by Crippen LogP contribution is -2.70. The van der Waals surface area contributed by atoms with Crippen LogP contribution in [0.25, 0.3) is 10.8 Å². The Balaban J connectivity index is 1.59. The van der Waals surface area contributed by atoms with Crippen LogP contribution in [0.15, 0.2) is 47.4 Å². The smallest absolute Gasteiger partial charge is 0.317 e. The van der Waals surface area contributed by atoms with E-state index in [-0.39, 0.29) is 23.3 Å². The van der Waals surface area contributed by atoms with Crippen molar-refractivity contribution in [2.45, 2.75) is 68.3 Å². The minimum atomic E-state index is -4.16. The van der Waals surface area contributed by atoms with Crippen molar-refractivity contribution >= 4 is 44.4 Å². The number of carbonyl (C=O) groups is 3. The molecule has 1 aliphatic carbocycles. The molecule has 2 aromatic rings. The second-order valence-electron chi connectivity index (χ2n) is 11.6. The summed E-state index contributed by atoms with van der Waals surface area (Å²) in [4.78, 5) is 41.9. The van der Waals surface area contributed by atoms with Gasteiger partial charge in [-0.2, -0.15) is 0 Å². The number of likely N-dealkylation sites (tertiary alicyclic amines) is 1. The van der Waals surface area contributed by atoms with E-state index in [4.69, 9.17) is 11.1 Å². The van der Waals surface area contributed by atoms with Crippen LogP contribution in [-0.4, -0.2) is 79.8 Å². The average Bonchev–Trinajstić information content (AvgIpc) is 3.00. The Morgan fingerprint density at radius 3 is 2.33 bits per heavy atom. The van der Waals surface area contributed by atoms with Crippen LogP contribution in [0.5, 0.6) is 0 Å². The minimum Gasteiger partial charge on any atom is -0.480 e. The predicted octanol–water partition coefficient (Wildman–Crippen LogP) is 1.79. The summed E-state index contributed by atoms with van der Waals surface area (Å²) in [6.07, 6.45) is 4.88. The van der Waals surface area contributed by atoms with Gasteiger partial charge in [-0.05, 0) is 67.3 Å². The molecule has 1 saturated heterocycles. The maximum absolute atomic E-state index is 14.3. The molecule has 1 saturated carbocycles. The van der Waals surface area contributed by atoms with Gasteiger partial charge < -0.3 is 21.1 Å². The third kappa shape index (κ3) is 7.51. The Morgan fingerprint density at radius 1 is 1.05 bits per heavy atom. The molecule has 43 heavy (non-hydrogen) atoms. The van der Waals surface area contributed by atoms with Gasteiger partial charge in [-0.3, -0.25) is 25.1 Å². The monoisotopic (exact) mass is 614 g/mol. The van der Waals surface area contributed by atoms with E-state index in [1.54, 1.807) is 23.1 Å². The molecular weight excluding hydrogens is 572 g/mol. The van der Waals surface area contributed by atoms with Gasteiger partial charge in [0.2, 0.25) is 15.9 Å². The van der Waals surface area contributed by atoms with Crippen LogP contribution >= 0.6 is 0 Å². The quantitative estimate of drug-likeness (QED) is 0.117. The normalized spacial score (nSPS) is 19.0. The number of carboxylic acid groups (broad SMARTS) is 1. The molecule has 2 unspecified atom stereocenters. The average molecular weight is 615 g/mol. The van der Waals surface area contributed by atoms with Gasteiger partial charge in [0.15, 0.2) is 17.3 Å². The van der Waals surface area contributed by atoms with Crippen LogP contribution in [-0.2, 0) is 24.4 Å². The molecule has 0 radical (unpaired) electrons. The number of ketones is 1. The van der Waals surface area contributed by atoms with E-state index in [9.17, 15) is 27.9 Å². The first-order valence-corrected chi connectivity index (χ1v) is 16.3. The first-order chi connectivity index (χ1) is 20.4. The number of hydrogen-bond acceptors (Lipinski definition) is 7. The van der Waals surface area contributed by atoms with Gasteiger partial charge in [-0.1, -0.05) is 49.6 Å². The largest absolute Gasteiger partial charge is 0.480 e. The zero-order valence-electron chi connectivity index (χ0n) is 24.5. The van der Waals surface area contributed by atoms with Crippen LogP contribution in [0.4, 0.5) is 0 Å². The number of rotatable bonds is 12. The fraction of sp³-hybridized carbons (Fsp3) is 0.533. The summed E-state index contributed by atoms with van der Waals surface area (Å²) in [5.74, 6) is -3.02. The van der Waals surface area contributed by atoms with E-state index in [1.807, 2.05) is 12.1 Å². The number of carbonyl (C=O) groups excluding carboxylic acids is 2. The topological polar surface area (TPSA) is 195 Å². The van der Waals surface area contributed by atoms with Gasteiger partial charge >= 0.3 is 5.97 Å². The van der Waals surface area contributed by atoms with Gasteiger partial charge in [-0.15, -0.1) is 0 Å². The lowest BCUT2D eigenvalue weighted by atomic mass is 9.70. The zero-order chi connectivity index (χ0) is 31.2. The highest BCUT2D eigenvalue weighted by Crippen LogP contribution is 2.35. The van der Waals surface area contributed by atoms with E-state index in [1.165, 1.54) is 19.1 Å². The summed E-state index contributed by atoms with van der Waals surface area (Å²) < 4.78 is 29.3. The van der Waals surface area contributed by atoms with Crippen LogP contribution < -0.4 is 21.1 Å². The number of fused-ring (bicyclic) bond motifs is 1. The summed E-state index contributed by atoms with van der Waals surface area (Å²) in [5.41, 5.74) is 3.66. The third-order valence-electron chi connectivity index (χ3n) is 8.75. The van der Waals surface area contributed by atoms with Crippen LogP contribution in [0, 0.1) is 17.2 Å². The number of guanidine groups is 1. The van der Waals surface area contributed by atoms with Gasteiger partial charge in [0.1, 0.15) is 0 Å². The van der Waals surface area contributed by atoms with Gasteiger partial charge in [0, 0.05) is 19.6 Å². The fourth-order valence-electron chi connectivity index (χ4n) is 6.35. The molecule has 234 valence electrons. The number of piperidine rings is 1. The zero-order valence-corrected chi connectivity index (χ0v) is 25.3. The van der Waals surface area contributed by atoms with E-state index in [0.717, 1.165) is 30.0 Å².